The van der Waals surface area contributed by atoms with Crippen LogP contribution in [0.3, 0.4) is 0 Å². The third kappa shape index (κ3) is 11.7. The van der Waals surface area contributed by atoms with Crippen molar-refractivity contribution in [2.45, 2.75) is 63.9 Å². The van der Waals surface area contributed by atoms with Crippen molar-refractivity contribution in [3.63, 3.8) is 0 Å². The van der Waals surface area contributed by atoms with Crippen LogP contribution in [0.2, 0.25) is 0 Å². The molecule has 0 bridgehead atoms. The highest BCUT2D eigenvalue weighted by Gasteiger charge is 2.32. The predicted molar refractivity (Wildman–Crippen MR) is 160 cm³/mol. The molecule has 0 saturated carbocycles. The topological polar surface area (TPSA) is 166 Å². The summed E-state index contributed by atoms with van der Waals surface area (Å²) in [5.41, 5.74) is 1.90. The van der Waals surface area contributed by atoms with Gasteiger partial charge in [-0.15, -0.1) is 0 Å². The average Bonchev–Trinajstić information content (AvgIpc) is 3.04. The maximum Gasteiger partial charge on any atom is 0.335 e. The summed E-state index contributed by atoms with van der Waals surface area (Å²) in [4.78, 5) is 37.5. The number of hydrogen-bond acceptors (Lipinski definition) is 9. The van der Waals surface area contributed by atoms with E-state index in [-0.39, 0.29) is 23.8 Å². The number of benzene rings is 2. The number of aliphatic hydroxyl groups excluding tert-OH is 2. The normalized spacial score (nSPS) is 17.6. The molecule has 2 aliphatic heterocycles. The molecule has 0 aromatic heterocycles. The van der Waals surface area contributed by atoms with E-state index in [1.165, 1.54) is 12.1 Å². The molecule has 2 aromatic carbocycles. The molecule has 2 atom stereocenters. The number of carboxylic acid groups (broad SMARTS) is 2. The summed E-state index contributed by atoms with van der Waals surface area (Å²) in [6.07, 6.45) is -2.41. The van der Waals surface area contributed by atoms with E-state index in [2.05, 4.69) is 18.7 Å². The maximum atomic E-state index is 13.5. The lowest BCUT2D eigenvalue weighted by molar-refractivity contribution is -0.165. The number of amides is 1. The molecule has 2 aromatic rings. The van der Waals surface area contributed by atoms with Gasteiger partial charge in [-0.05, 0) is 54.2 Å². The fraction of sp³-hybridized carbons (Fsp3) is 0.531. The average molecular weight is 635 g/mol. The van der Waals surface area contributed by atoms with E-state index in [9.17, 15) is 18.8 Å². The number of aliphatic carboxylic acids is 2. The van der Waals surface area contributed by atoms with E-state index < -0.39 is 24.1 Å². The third-order valence-corrected chi connectivity index (χ3v) is 7.50. The first-order valence-electron chi connectivity index (χ1n) is 14.9. The summed E-state index contributed by atoms with van der Waals surface area (Å²) in [7, 11) is 0. The van der Waals surface area contributed by atoms with Crippen molar-refractivity contribution in [1.29, 1.82) is 0 Å². The Morgan fingerprint density at radius 2 is 1.44 bits per heavy atom. The number of likely N-dealkylation sites (tertiary alicyclic amines) is 1. The Morgan fingerprint density at radius 1 is 0.911 bits per heavy atom. The molecule has 248 valence electrons. The number of piperidine rings is 1. The number of nitrogens with zero attached hydrogens (tertiary/aromatic N) is 2. The molecule has 4 rings (SSSR count). The van der Waals surface area contributed by atoms with Gasteiger partial charge in [0.1, 0.15) is 18.4 Å². The van der Waals surface area contributed by atoms with Gasteiger partial charge >= 0.3 is 11.9 Å². The van der Waals surface area contributed by atoms with Crippen LogP contribution in [0.15, 0.2) is 48.5 Å². The minimum absolute atomic E-state index is 0.0907. The number of rotatable bonds is 12. The number of aliphatic hydroxyl groups is 2. The van der Waals surface area contributed by atoms with Crippen LogP contribution in [0.1, 0.15) is 37.8 Å². The van der Waals surface area contributed by atoms with Crippen LogP contribution >= 0.6 is 0 Å². The van der Waals surface area contributed by atoms with E-state index in [1.54, 1.807) is 12.1 Å². The van der Waals surface area contributed by atoms with Crippen molar-refractivity contribution in [2.24, 2.45) is 5.92 Å². The van der Waals surface area contributed by atoms with Gasteiger partial charge in [0.2, 0.25) is 5.91 Å². The van der Waals surface area contributed by atoms with Crippen molar-refractivity contribution in [2.75, 3.05) is 39.7 Å². The molecule has 2 heterocycles. The lowest BCUT2D eigenvalue weighted by atomic mass is 9.99. The van der Waals surface area contributed by atoms with Gasteiger partial charge in [-0.1, -0.05) is 38.1 Å². The van der Waals surface area contributed by atoms with Gasteiger partial charge in [0.05, 0.1) is 32.3 Å². The lowest BCUT2D eigenvalue weighted by Gasteiger charge is -2.42. The number of carboxylic acids is 2. The summed E-state index contributed by atoms with van der Waals surface area (Å²) >= 11 is 0. The molecule has 4 N–H and O–H groups in total. The largest absolute Gasteiger partial charge is 0.493 e. The summed E-state index contributed by atoms with van der Waals surface area (Å²) in [5.74, 6) is -2.43. The van der Waals surface area contributed by atoms with Crippen molar-refractivity contribution in [1.82, 2.24) is 9.80 Å². The first-order chi connectivity index (χ1) is 21.4. The molecule has 0 radical (unpaired) electrons. The van der Waals surface area contributed by atoms with Crippen LogP contribution in [-0.4, -0.2) is 112 Å². The highest BCUT2D eigenvalue weighted by Crippen LogP contribution is 2.23. The SMILES string of the molecule is CC(C)COc1ccc(CC(=O)N(Cc2ccc(F)cc2)C2CCN(C3COCOC3)CC2)cc1.O=C(O)C(O)C(O)C(=O)O. The molecule has 2 fully saturated rings. The van der Waals surface area contributed by atoms with Gasteiger partial charge in [-0.2, -0.15) is 0 Å². The smallest absolute Gasteiger partial charge is 0.335 e. The number of carbonyl (C=O) groups is 3. The third-order valence-electron chi connectivity index (χ3n) is 7.50. The number of carbonyl (C=O) groups excluding carboxylic acids is 1. The highest BCUT2D eigenvalue weighted by atomic mass is 19.1. The summed E-state index contributed by atoms with van der Waals surface area (Å²) in [6.45, 7) is 8.94. The Bertz CT molecular complexity index is 1200. The van der Waals surface area contributed by atoms with Crippen molar-refractivity contribution >= 4 is 17.8 Å². The van der Waals surface area contributed by atoms with Crippen molar-refractivity contribution in [3.8, 4) is 5.75 Å². The van der Waals surface area contributed by atoms with Crippen LogP contribution in [0.5, 0.6) is 5.75 Å². The maximum absolute atomic E-state index is 13.5. The molecule has 2 saturated heterocycles. The first-order valence-corrected chi connectivity index (χ1v) is 14.9. The number of hydrogen-bond donors (Lipinski definition) is 4. The lowest BCUT2D eigenvalue weighted by Crippen LogP contribution is -2.53. The quantitative estimate of drug-likeness (QED) is 0.270. The zero-order valence-electron chi connectivity index (χ0n) is 25.6. The van der Waals surface area contributed by atoms with Gasteiger partial charge in [-0.3, -0.25) is 9.69 Å². The molecule has 1 amide bonds. The van der Waals surface area contributed by atoms with E-state index in [0.717, 1.165) is 42.8 Å². The van der Waals surface area contributed by atoms with Gasteiger partial charge in [0, 0.05) is 25.7 Å². The molecule has 2 aliphatic rings. The molecule has 0 aliphatic carbocycles. The molecule has 2 unspecified atom stereocenters. The van der Waals surface area contributed by atoms with Gasteiger partial charge in [-0.25, -0.2) is 14.0 Å². The van der Waals surface area contributed by atoms with E-state index in [4.69, 9.17) is 34.6 Å². The predicted octanol–water partition coefficient (Wildman–Crippen LogP) is 2.15. The highest BCUT2D eigenvalue weighted by molar-refractivity contribution is 5.83. The van der Waals surface area contributed by atoms with Gasteiger partial charge in [0.15, 0.2) is 12.2 Å². The monoisotopic (exact) mass is 634 g/mol. The fourth-order valence-electron chi connectivity index (χ4n) is 4.97. The van der Waals surface area contributed by atoms with Crippen LogP contribution in [-0.2, 0) is 36.8 Å². The molecular formula is C32H43FN2O10. The van der Waals surface area contributed by atoms with Crippen molar-refractivity contribution < 1.29 is 53.4 Å². The zero-order chi connectivity index (χ0) is 32.9. The van der Waals surface area contributed by atoms with Crippen LogP contribution < -0.4 is 4.74 Å². The van der Waals surface area contributed by atoms with E-state index in [0.29, 0.717) is 45.5 Å². The van der Waals surface area contributed by atoms with Crippen LogP contribution in [0.4, 0.5) is 4.39 Å². The van der Waals surface area contributed by atoms with E-state index in [1.807, 2.05) is 29.2 Å². The Hall–Kier alpha value is -3.62. The molecule has 45 heavy (non-hydrogen) atoms. The molecular weight excluding hydrogens is 591 g/mol. The molecule has 12 nitrogen and oxygen atoms in total. The summed E-state index contributed by atoms with van der Waals surface area (Å²) in [6, 6.07) is 14.7. The zero-order valence-corrected chi connectivity index (χ0v) is 25.6. The Balaban J connectivity index is 0.000000477. The summed E-state index contributed by atoms with van der Waals surface area (Å²) < 4.78 is 30.2. The van der Waals surface area contributed by atoms with Crippen LogP contribution in [0, 0.1) is 11.7 Å². The fourth-order valence-corrected chi connectivity index (χ4v) is 4.97. The first kappa shape index (κ1) is 35.9. The molecule has 13 heteroatoms. The standard InChI is InChI=1S/C28H37FN2O4.C4H6O6/c1-21(2)17-35-27-9-5-22(6-10-27)15-28(32)31(16-23-3-7-24(29)8-4-23)25-11-13-30(14-12-25)26-18-33-20-34-19-26;5-1(3(7)8)2(6)4(9)10/h3-10,21,25-26H,11-20H2,1-2H3;1-2,5-6H,(H,7,8)(H,9,10). The Kier molecular flexibility index (Phi) is 14.2. The second kappa shape index (κ2) is 17.8. The minimum Gasteiger partial charge on any atom is -0.493 e. The van der Waals surface area contributed by atoms with Crippen molar-refractivity contribution in [3.05, 3.63) is 65.5 Å². The second-order valence-electron chi connectivity index (χ2n) is 11.5. The molecule has 0 spiro atoms. The van der Waals surface area contributed by atoms with Crippen LogP contribution in [0.25, 0.3) is 0 Å². The minimum atomic E-state index is -2.27. The Labute approximate surface area is 261 Å². The summed E-state index contributed by atoms with van der Waals surface area (Å²) in [5, 5.41) is 32.5. The number of ether oxygens (including phenoxy) is 3. The Morgan fingerprint density at radius 3 is 1.96 bits per heavy atom. The van der Waals surface area contributed by atoms with Gasteiger partial charge in [0.25, 0.3) is 0 Å². The van der Waals surface area contributed by atoms with Gasteiger partial charge < -0.3 is 39.5 Å². The second-order valence-corrected chi connectivity index (χ2v) is 11.5. The number of halogens is 1. The van der Waals surface area contributed by atoms with E-state index >= 15 is 0 Å².